The fourth-order valence-corrected chi connectivity index (χ4v) is 7.71. The van der Waals surface area contributed by atoms with Crippen molar-refractivity contribution in [3.63, 3.8) is 0 Å². The zero-order chi connectivity index (χ0) is 35.8. The van der Waals surface area contributed by atoms with Crippen molar-refractivity contribution in [3.8, 4) is 16.9 Å². The van der Waals surface area contributed by atoms with E-state index in [0.717, 1.165) is 35.9 Å². The van der Waals surface area contributed by atoms with Gasteiger partial charge in [0.1, 0.15) is 15.5 Å². The Morgan fingerprint density at radius 2 is 1.37 bits per heavy atom. The second-order valence-electron chi connectivity index (χ2n) is 10.8. The molecule has 0 bridgehead atoms. The lowest BCUT2D eigenvalue weighted by atomic mass is 9.80. The van der Waals surface area contributed by atoms with E-state index in [-0.39, 0.29) is 50.2 Å². The van der Waals surface area contributed by atoms with Crippen molar-refractivity contribution in [1.82, 2.24) is 4.57 Å². The lowest BCUT2D eigenvalue weighted by Crippen LogP contribution is -2.29. The number of aromatic nitrogens is 1. The van der Waals surface area contributed by atoms with Gasteiger partial charge in [0, 0.05) is 29.1 Å². The van der Waals surface area contributed by atoms with Crippen LogP contribution in [0.25, 0.3) is 22.0 Å². The lowest BCUT2D eigenvalue weighted by Gasteiger charge is -2.26. The number of nitrogens with one attached hydrogen (secondary N) is 1. The van der Waals surface area contributed by atoms with Crippen molar-refractivity contribution in [1.29, 1.82) is 0 Å². The van der Waals surface area contributed by atoms with Crippen LogP contribution >= 0.6 is 0 Å². The van der Waals surface area contributed by atoms with Crippen LogP contribution in [0.15, 0.2) is 92.3 Å². The monoisotopic (exact) mass is 726 g/mol. The number of carbonyl (C=O) groups is 2. The summed E-state index contributed by atoms with van der Waals surface area (Å²) >= 11 is 0. The fourth-order valence-electron chi connectivity index (χ4n) is 5.78. The summed E-state index contributed by atoms with van der Waals surface area (Å²) in [4.78, 5) is 39.8. The van der Waals surface area contributed by atoms with Gasteiger partial charge in [-0.3, -0.25) is 28.0 Å². The molecular formula is C31H22N2O13S3. The summed E-state index contributed by atoms with van der Waals surface area (Å²) in [6.07, 6.45) is 0. The van der Waals surface area contributed by atoms with E-state index in [2.05, 4.69) is 5.32 Å². The maximum Gasteiger partial charge on any atom is 0.298 e. The van der Waals surface area contributed by atoms with Crippen LogP contribution in [-0.4, -0.2) is 62.2 Å². The van der Waals surface area contributed by atoms with Gasteiger partial charge >= 0.3 is 0 Å². The number of methoxy groups -OCH3 is 1. The molecule has 0 unspecified atom stereocenters. The number of ether oxygens (including phenoxy) is 1. The summed E-state index contributed by atoms with van der Waals surface area (Å²) in [6, 6.07) is 14.3. The van der Waals surface area contributed by atoms with Crippen LogP contribution in [0.2, 0.25) is 0 Å². The van der Waals surface area contributed by atoms with Gasteiger partial charge in [0.25, 0.3) is 35.9 Å². The van der Waals surface area contributed by atoms with Crippen LogP contribution in [-0.2, 0) is 37.4 Å². The molecule has 0 atom stereocenters. The van der Waals surface area contributed by atoms with Gasteiger partial charge in [-0.2, -0.15) is 25.3 Å². The highest BCUT2D eigenvalue weighted by Crippen LogP contribution is 2.44. The Morgan fingerprint density at radius 1 is 0.735 bits per heavy atom. The van der Waals surface area contributed by atoms with Crippen molar-refractivity contribution in [2.24, 2.45) is 7.05 Å². The van der Waals surface area contributed by atoms with E-state index in [9.17, 15) is 53.3 Å². The maximum absolute atomic E-state index is 14.2. The Bertz CT molecular complexity index is 2720. The highest BCUT2D eigenvalue weighted by molar-refractivity contribution is 7.87. The van der Waals surface area contributed by atoms with Gasteiger partial charge in [0.15, 0.2) is 11.6 Å². The average molecular weight is 727 g/mol. The summed E-state index contributed by atoms with van der Waals surface area (Å²) in [6.45, 7) is 0. The normalized spacial score (nSPS) is 12.9. The van der Waals surface area contributed by atoms with Crippen molar-refractivity contribution in [2.75, 3.05) is 12.4 Å². The Hall–Kier alpha value is -5.24. The standard InChI is InChI=1S/C31H22N2O13S3/c1-33-21-11-10-20(32-19-9-8-16(47(37,38)39)14-23(19)48(40,41)42)26-27(21)25(17-5-3-4-6-18(17)30(26)35)28(31(33)36)29(34)15-7-12-22(46-2)24(13-15)49(43,44)45/h3-14,32H,1-2H3,(H,37,38,39)(H,40,41,42)(H,43,44,45). The third-order valence-electron chi connectivity index (χ3n) is 7.96. The number of aryl methyl sites for hydroxylation is 1. The second-order valence-corrected chi connectivity index (χ2v) is 15.0. The molecule has 18 heteroatoms. The number of rotatable bonds is 8. The number of pyridine rings is 1. The number of nitrogens with zero attached hydrogens (tertiary/aromatic N) is 1. The summed E-state index contributed by atoms with van der Waals surface area (Å²) in [5, 5.41) is 2.80. The number of carbonyl (C=O) groups excluding carboxylic acids is 2. The van der Waals surface area contributed by atoms with E-state index in [1.165, 1.54) is 43.4 Å². The molecule has 0 saturated carbocycles. The summed E-state index contributed by atoms with van der Waals surface area (Å²) in [5.74, 6) is -1.85. The molecule has 49 heavy (non-hydrogen) atoms. The first-order chi connectivity index (χ1) is 22.8. The summed E-state index contributed by atoms with van der Waals surface area (Å²) < 4.78 is 107. The van der Waals surface area contributed by atoms with Crippen LogP contribution in [0.3, 0.4) is 0 Å². The number of anilines is 2. The van der Waals surface area contributed by atoms with Crippen LogP contribution in [0.5, 0.6) is 5.75 Å². The highest BCUT2D eigenvalue weighted by Gasteiger charge is 2.35. The smallest absolute Gasteiger partial charge is 0.298 e. The Kier molecular flexibility index (Phi) is 7.85. The maximum atomic E-state index is 14.2. The Morgan fingerprint density at radius 3 is 1.98 bits per heavy atom. The van der Waals surface area contributed by atoms with Crippen molar-refractivity contribution in [3.05, 3.63) is 105 Å². The lowest BCUT2D eigenvalue weighted by molar-refractivity contribution is 0.102. The molecule has 0 radical (unpaired) electrons. The summed E-state index contributed by atoms with van der Waals surface area (Å²) in [7, 11) is -12.4. The molecule has 0 saturated heterocycles. The number of ketones is 2. The molecule has 1 heterocycles. The molecule has 0 fully saturated rings. The van der Waals surface area contributed by atoms with Crippen LogP contribution in [0.4, 0.5) is 11.4 Å². The SMILES string of the molecule is COc1ccc(C(=O)c2c3c4c(c(Nc5ccc(S(=O)(=O)O)cc5S(=O)(=O)O)ccc4n(C)c2=O)C(=O)c2ccccc2-3)cc1S(=O)(=O)O. The molecule has 1 aliphatic carbocycles. The van der Waals surface area contributed by atoms with E-state index >= 15 is 0 Å². The largest absolute Gasteiger partial charge is 0.495 e. The van der Waals surface area contributed by atoms with E-state index in [1.807, 2.05) is 0 Å². The predicted octanol–water partition coefficient (Wildman–Crippen LogP) is 3.47. The van der Waals surface area contributed by atoms with Crippen LogP contribution in [0.1, 0.15) is 31.8 Å². The molecule has 0 aliphatic heterocycles. The van der Waals surface area contributed by atoms with Gasteiger partial charge in [0.05, 0.1) is 40.0 Å². The molecule has 1 aromatic heterocycles. The first-order valence-corrected chi connectivity index (χ1v) is 18.1. The number of benzene rings is 4. The quantitative estimate of drug-likeness (QED) is 0.130. The Balaban J connectivity index is 1.68. The third-order valence-corrected chi connectivity index (χ3v) is 10.6. The van der Waals surface area contributed by atoms with Gasteiger partial charge in [0.2, 0.25) is 0 Å². The zero-order valence-electron chi connectivity index (χ0n) is 25.0. The number of hydrogen-bond acceptors (Lipinski definition) is 11. The molecule has 252 valence electrons. The van der Waals surface area contributed by atoms with E-state index in [1.54, 1.807) is 6.07 Å². The van der Waals surface area contributed by atoms with E-state index in [4.69, 9.17) is 4.74 Å². The summed E-state index contributed by atoms with van der Waals surface area (Å²) in [5.41, 5.74) is -1.81. The minimum atomic E-state index is -5.12. The van der Waals surface area contributed by atoms with Gasteiger partial charge in [-0.05, 0) is 54.1 Å². The van der Waals surface area contributed by atoms with Crippen molar-refractivity contribution in [2.45, 2.75) is 14.7 Å². The average Bonchev–Trinajstić information content (AvgIpc) is 3.03. The fraction of sp³-hybridized carbons (Fsp3) is 0.0645. The number of hydrogen-bond donors (Lipinski definition) is 4. The minimum absolute atomic E-state index is 0.00195. The first-order valence-electron chi connectivity index (χ1n) is 13.7. The molecule has 4 aromatic carbocycles. The number of fused-ring (bicyclic) bond motifs is 2. The van der Waals surface area contributed by atoms with Crippen molar-refractivity contribution < 1.29 is 53.2 Å². The Labute approximate surface area is 277 Å². The van der Waals surface area contributed by atoms with E-state index < -0.39 is 73.4 Å². The van der Waals surface area contributed by atoms with Gasteiger partial charge < -0.3 is 14.6 Å². The molecule has 1 aliphatic rings. The first kappa shape index (κ1) is 33.7. The second kappa shape index (κ2) is 11.4. The van der Waals surface area contributed by atoms with Crippen LogP contribution < -0.4 is 15.6 Å². The molecule has 4 N–H and O–H groups in total. The highest BCUT2D eigenvalue weighted by atomic mass is 32.2. The molecule has 0 amide bonds. The zero-order valence-corrected chi connectivity index (χ0v) is 27.5. The molecule has 6 rings (SSSR count). The van der Waals surface area contributed by atoms with Gasteiger partial charge in [-0.1, -0.05) is 24.3 Å². The third kappa shape index (κ3) is 5.59. The van der Waals surface area contributed by atoms with Crippen molar-refractivity contribution >= 4 is 64.2 Å². The van der Waals surface area contributed by atoms with Gasteiger partial charge in [-0.25, -0.2) is 0 Å². The molecule has 0 spiro atoms. The van der Waals surface area contributed by atoms with E-state index in [0.29, 0.717) is 6.07 Å². The molecule has 5 aromatic rings. The predicted molar refractivity (Wildman–Crippen MR) is 174 cm³/mol. The molecule has 15 nitrogen and oxygen atoms in total. The molecular weight excluding hydrogens is 705 g/mol. The van der Waals surface area contributed by atoms with Crippen LogP contribution in [0, 0.1) is 0 Å². The minimum Gasteiger partial charge on any atom is -0.495 e. The van der Waals surface area contributed by atoms with Gasteiger partial charge in [-0.15, -0.1) is 0 Å². The topological polar surface area (TPSA) is 241 Å².